The summed E-state index contributed by atoms with van der Waals surface area (Å²) in [6, 6.07) is 6.76. The Morgan fingerprint density at radius 3 is 2.95 bits per heavy atom. The Morgan fingerprint density at radius 1 is 1.42 bits per heavy atom. The Kier molecular flexibility index (Phi) is 3.90. The van der Waals surface area contributed by atoms with Crippen LogP contribution in [0.5, 0.6) is 0 Å². The van der Waals surface area contributed by atoms with Crippen molar-refractivity contribution in [2.75, 3.05) is 6.61 Å². The average Bonchev–Trinajstić information content (AvgIpc) is 2.38. The lowest BCUT2D eigenvalue weighted by Crippen LogP contribution is -1.98. The van der Waals surface area contributed by atoms with Gasteiger partial charge in [-0.25, -0.2) is 9.18 Å². The molecule has 0 N–H and O–H groups in total. The third-order valence-electron chi connectivity index (χ3n) is 2.61. The van der Waals surface area contributed by atoms with Gasteiger partial charge >= 0.3 is 5.97 Å². The van der Waals surface area contributed by atoms with Gasteiger partial charge in [-0.05, 0) is 43.7 Å². The molecule has 0 fully saturated rings. The topological polar surface area (TPSA) is 39.2 Å². The number of halogens is 1. The fraction of sp³-hybridized carbons (Fsp3) is 0.200. The summed E-state index contributed by atoms with van der Waals surface area (Å²) in [7, 11) is 0. The second-order valence-corrected chi connectivity index (χ2v) is 4.11. The highest BCUT2D eigenvalue weighted by Gasteiger charge is 2.04. The summed E-state index contributed by atoms with van der Waals surface area (Å²) in [5, 5.41) is 0.703. The predicted molar refractivity (Wildman–Crippen MR) is 72.1 cm³/mol. The molecular weight excluding hydrogens is 245 g/mol. The van der Waals surface area contributed by atoms with Crippen molar-refractivity contribution in [3.63, 3.8) is 0 Å². The lowest BCUT2D eigenvalue weighted by Gasteiger charge is -2.02. The molecule has 4 heteroatoms. The van der Waals surface area contributed by atoms with E-state index in [9.17, 15) is 9.18 Å². The Bertz CT molecular complexity index is 650. The first kappa shape index (κ1) is 13.2. The normalized spacial score (nSPS) is 11.1. The van der Waals surface area contributed by atoms with Crippen LogP contribution in [0.25, 0.3) is 17.0 Å². The number of benzene rings is 1. The second-order valence-electron chi connectivity index (χ2n) is 4.11. The number of ether oxygens (including phenoxy) is 1. The molecule has 0 amide bonds. The number of hydrogen-bond acceptors (Lipinski definition) is 3. The highest BCUT2D eigenvalue weighted by molar-refractivity contribution is 5.89. The number of aromatic nitrogens is 1. The summed E-state index contributed by atoms with van der Waals surface area (Å²) >= 11 is 0. The van der Waals surface area contributed by atoms with Crippen LogP contribution in [-0.2, 0) is 9.53 Å². The van der Waals surface area contributed by atoms with Crippen LogP contribution in [0.2, 0.25) is 0 Å². The highest BCUT2D eigenvalue weighted by Crippen LogP contribution is 2.19. The SMILES string of the molecule is CCOC(=O)/C=C/c1cc(F)c2nc(C)ccc2c1. The number of carbonyl (C=O) groups excluding carboxylic acids is 1. The largest absolute Gasteiger partial charge is 0.463 e. The van der Waals surface area contributed by atoms with Crippen molar-refractivity contribution in [1.82, 2.24) is 4.98 Å². The fourth-order valence-electron chi connectivity index (χ4n) is 1.76. The van der Waals surface area contributed by atoms with Crippen LogP contribution in [-0.4, -0.2) is 17.6 Å². The van der Waals surface area contributed by atoms with Gasteiger partial charge in [0.15, 0.2) is 0 Å². The van der Waals surface area contributed by atoms with Gasteiger partial charge in [0.05, 0.1) is 6.61 Å². The Hall–Kier alpha value is -2.23. The molecule has 0 aliphatic rings. The number of aryl methyl sites for hydroxylation is 1. The Labute approximate surface area is 110 Å². The molecule has 0 radical (unpaired) electrons. The second kappa shape index (κ2) is 5.61. The molecule has 0 aliphatic carbocycles. The maximum absolute atomic E-state index is 13.9. The summed E-state index contributed by atoms with van der Waals surface area (Å²) < 4.78 is 18.7. The molecular formula is C15H14FNO2. The molecule has 3 nitrogen and oxygen atoms in total. The number of carbonyl (C=O) groups is 1. The minimum Gasteiger partial charge on any atom is -0.463 e. The number of nitrogens with zero attached hydrogens (tertiary/aromatic N) is 1. The standard InChI is InChI=1S/C15H14FNO2/c1-3-19-14(18)7-5-11-8-12-6-4-10(2)17-15(12)13(16)9-11/h4-9H,3H2,1-2H3/b7-5+. The molecule has 0 saturated carbocycles. The summed E-state index contributed by atoms with van der Waals surface area (Å²) in [6.07, 6.45) is 2.81. The molecule has 19 heavy (non-hydrogen) atoms. The molecule has 2 rings (SSSR count). The van der Waals surface area contributed by atoms with Crippen LogP contribution in [0.1, 0.15) is 18.2 Å². The van der Waals surface area contributed by atoms with Gasteiger partial charge in [-0.2, -0.15) is 0 Å². The first-order chi connectivity index (χ1) is 9.10. The Morgan fingerprint density at radius 2 is 2.21 bits per heavy atom. The lowest BCUT2D eigenvalue weighted by atomic mass is 10.1. The molecule has 0 unspecified atom stereocenters. The van der Waals surface area contributed by atoms with E-state index >= 15 is 0 Å². The maximum Gasteiger partial charge on any atom is 0.330 e. The Balaban J connectivity index is 2.36. The lowest BCUT2D eigenvalue weighted by molar-refractivity contribution is -0.137. The molecule has 1 aromatic carbocycles. The smallest absolute Gasteiger partial charge is 0.330 e. The molecule has 98 valence electrons. The van der Waals surface area contributed by atoms with Gasteiger partial charge in [-0.1, -0.05) is 6.07 Å². The minimum absolute atomic E-state index is 0.318. The van der Waals surface area contributed by atoms with E-state index in [4.69, 9.17) is 4.74 Å². The number of esters is 1. The summed E-state index contributed by atoms with van der Waals surface area (Å²) in [5.41, 5.74) is 1.71. The van der Waals surface area contributed by atoms with Gasteiger partial charge < -0.3 is 4.74 Å². The molecule has 0 aliphatic heterocycles. The summed E-state index contributed by atoms with van der Waals surface area (Å²) in [4.78, 5) is 15.3. The van der Waals surface area contributed by atoms with Gasteiger partial charge in [0, 0.05) is 17.2 Å². The van der Waals surface area contributed by atoms with Crippen molar-refractivity contribution in [2.24, 2.45) is 0 Å². The third-order valence-corrected chi connectivity index (χ3v) is 2.61. The van der Waals surface area contributed by atoms with Gasteiger partial charge in [0.25, 0.3) is 0 Å². The zero-order chi connectivity index (χ0) is 13.8. The van der Waals surface area contributed by atoms with Crippen LogP contribution < -0.4 is 0 Å². The van der Waals surface area contributed by atoms with Crippen molar-refractivity contribution < 1.29 is 13.9 Å². The monoisotopic (exact) mass is 259 g/mol. The molecule has 0 bridgehead atoms. The first-order valence-electron chi connectivity index (χ1n) is 6.02. The fourth-order valence-corrected chi connectivity index (χ4v) is 1.76. The summed E-state index contributed by atoms with van der Waals surface area (Å²) in [5.74, 6) is -0.838. The van der Waals surface area contributed by atoms with E-state index in [0.29, 0.717) is 23.1 Å². The average molecular weight is 259 g/mol. The van der Waals surface area contributed by atoms with Crippen molar-refractivity contribution in [3.05, 3.63) is 47.4 Å². The molecule has 0 atom stereocenters. The van der Waals surface area contributed by atoms with E-state index in [-0.39, 0.29) is 0 Å². The summed E-state index contributed by atoms with van der Waals surface area (Å²) in [6.45, 7) is 3.86. The van der Waals surface area contributed by atoms with Gasteiger partial charge in [-0.3, -0.25) is 4.98 Å². The maximum atomic E-state index is 13.9. The zero-order valence-corrected chi connectivity index (χ0v) is 10.8. The third kappa shape index (κ3) is 3.16. The van der Waals surface area contributed by atoms with E-state index in [1.807, 2.05) is 19.1 Å². The van der Waals surface area contributed by atoms with Crippen LogP contribution in [0, 0.1) is 12.7 Å². The van der Waals surface area contributed by atoms with Crippen LogP contribution in [0.3, 0.4) is 0 Å². The van der Waals surface area contributed by atoms with Crippen molar-refractivity contribution in [1.29, 1.82) is 0 Å². The number of fused-ring (bicyclic) bond motifs is 1. The quantitative estimate of drug-likeness (QED) is 0.627. The van der Waals surface area contributed by atoms with E-state index in [1.165, 1.54) is 18.2 Å². The van der Waals surface area contributed by atoms with Crippen molar-refractivity contribution >= 4 is 22.9 Å². The van der Waals surface area contributed by atoms with Gasteiger partial charge in [0.2, 0.25) is 0 Å². The van der Waals surface area contributed by atoms with Crippen LogP contribution in [0.4, 0.5) is 4.39 Å². The van der Waals surface area contributed by atoms with Crippen LogP contribution in [0.15, 0.2) is 30.3 Å². The van der Waals surface area contributed by atoms with Crippen molar-refractivity contribution in [3.8, 4) is 0 Å². The first-order valence-corrected chi connectivity index (χ1v) is 6.02. The highest BCUT2D eigenvalue weighted by atomic mass is 19.1. The van der Waals surface area contributed by atoms with Gasteiger partial charge in [0.1, 0.15) is 11.3 Å². The van der Waals surface area contributed by atoms with Gasteiger partial charge in [-0.15, -0.1) is 0 Å². The zero-order valence-electron chi connectivity index (χ0n) is 10.8. The van der Waals surface area contributed by atoms with E-state index in [0.717, 1.165) is 5.69 Å². The van der Waals surface area contributed by atoms with E-state index < -0.39 is 11.8 Å². The number of rotatable bonds is 3. The molecule has 1 heterocycles. The molecule has 0 spiro atoms. The number of hydrogen-bond donors (Lipinski definition) is 0. The molecule has 1 aromatic heterocycles. The predicted octanol–water partition coefficient (Wildman–Crippen LogP) is 3.26. The molecule has 0 saturated heterocycles. The minimum atomic E-state index is -0.440. The van der Waals surface area contributed by atoms with Crippen LogP contribution >= 0.6 is 0 Å². The van der Waals surface area contributed by atoms with E-state index in [1.54, 1.807) is 13.0 Å². The van der Waals surface area contributed by atoms with E-state index in [2.05, 4.69) is 4.98 Å². The number of pyridine rings is 1. The molecule has 2 aromatic rings. The van der Waals surface area contributed by atoms with Crippen molar-refractivity contribution in [2.45, 2.75) is 13.8 Å².